The van der Waals surface area contributed by atoms with Crippen molar-refractivity contribution in [2.45, 2.75) is 46.6 Å². The summed E-state index contributed by atoms with van der Waals surface area (Å²) in [6.07, 6.45) is 4.95. The van der Waals surface area contributed by atoms with Crippen molar-refractivity contribution in [3.63, 3.8) is 0 Å². The molecular weight excluding hydrogens is 338 g/mol. The van der Waals surface area contributed by atoms with Gasteiger partial charge < -0.3 is 16.0 Å². The number of nitrogens with zero attached hydrogens (tertiary/aromatic N) is 4. The maximum Gasteiger partial charge on any atom is 0.191 e. The average Bonchev–Trinajstić information content (AvgIpc) is 2.99. The molecule has 7 nitrogen and oxygen atoms in total. The van der Waals surface area contributed by atoms with Gasteiger partial charge in [0.25, 0.3) is 0 Å². The maximum absolute atomic E-state index is 4.66. The number of aliphatic imine (C=N–C) groups is 1. The van der Waals surface area contributed by atoms with Crippen LogP contribution in [0.2, 0.25) is 0 Å². The van der Waals surface area contributed by atoms with Crippen LogP contribution in [0.1, 0.15) is 37.6 Å². The zero-order valence-electron chi connectivity index (χ0n) is 16.8. The second-order valence-electron chi connectivity index (χ2n) is 6.54. The molecule has 2 rings (SSSR count). The number of unbranched alkanes of at least 4 members (excludes halogenated alkanes) is 1. The van der Waals surface area contributed by atoms with Crippen LogP contribution in [0, 0.1) is 13.8 Å². The van der Waals surface area contributed by atoms with Crippen molar-refractivity contribution in [1.82, 2.24) is 25.4 Å². The molecule has 0 unspecified atom stereocenters. The van der Waals surface area contributed by atoms with Gasteiger partial charge in [0.2, 0.25) is 0 Å². The summed E-state index contributed by atoms with van der Waals surface area (Å²) >= 11 is 0. The van der Waals surface area contributed by atoms with Crippen LogP contribution in [0.3, 0.4) is 0 Å². The Morgan fingerprint density at radius 3 is 2.67 bits per heavy atom. The van der Waals surface area contributed by atoms with Gasteiger partial charge in [-0.05, 0) is 58.2 Å². The number of rotatable bonds is 11. The molecular formula is C20H33N7. The van der Waals surface area contributed by atoms with Crippen LogP contribution >= 0.6 is 0 Å². The first-order valence-corrected chi connectivity index (χ1v) is 9.87. The maximum atomic E-state index is 4.66. The first-order valence-electron chi connectivity index (χ1n) is 9.87. The van der Waals surface area contributed by atoms with E-state index < -0.39 is 0 Å². The Balaban J connectivity index is 1.60. The van der Waals surface area contributed by atoms with Crippen LogP contribution in [-0.2, 0) is 6.54 Å². The SMILES string of the molecule is CCNC(=NCCCn1nc(C)cc1C)NCCCCNc1ccccn1. The van der Waals surface area contributed by atoms with E-state index in [1.54, 1.807) is 6.20 Å². The van der Waals surface area contributed by atoms with Gasteiger partial charge in [-0.1, -0.05) is 6.07 Å². The second-order valence-corrected chi connectivity index (χ2v) is 6.54. The standard InChI is InChI=1S/C20H33N7/c1-4-21-20(25-14-9-15-27-18(3)16-17(2)26-27)24-13-8-7-12-23-19-10-5-6-11-22-19/h5-6,10-11,16H,4,7-9,12-15H2,1-3H3,(H,22,23)(H2,21,24,25). The van der Waals surface area contributed by atoms with Gasteiger partial charge in [-0.15, -0.1) is 0 Å². The zero-order chi connectivity index (χ0) is 19.3. The minimum Gasteiger partial charge on any atom is -0.370 e. The van der Waals surface area contributed by atoms with Crippen molar-refractivity contribution in [2.75, 3.05) is 31.5 Å². The minimum atomic E-state index is 0.787. The summed E-state index contributed by atoms with van der Waals surface area (Å²) in [5, 5.41) is 14.5. The highest BCUT2D eigenvalue weighted by Gasteiger charge is 2.01. The normalized spacial score (nSPS) is 11.4. The summed E-state index contributed by atoms with van der Waals surface area (Å²) in [5.74, 6) is 1.83. The van der Waals surface area contributed by atoms with Gasteiger partial charge in [0, 0.05) is 44.6 Å². The van der Waals surface area contributed by atoms with E-state index in [-0.39, 0.29) is 0 Å². The molecule has 0 amide bonds. The van der Waals surface area contributed by atoms with E-state index in [2.05, 4.69) is 55.6 Å². The Labute approximate surface area is 162 Å². The van der Waals surface area contributed by atoms with Gasteiger partial charge >= 0.3 is 0 Å². The topological polar surface area (TPSA) is 79.2 Å². The molecule has 2 aromatic heterocycles. The summed E-state index contributed by atoms with van der Waals surface area (Å²) in [5.41, 5.74) is 2.28. The van der Waals surface area contributed by atoms with Crippen molar-refractivity contribution in [2.24, 2.45) is 4.99 Å². The molecule has 0 atom stereocenters. The first kappa shape index (κ1) is 20.7. The summed E-state index contributed by atoms with van der Waals surface area (Å²) in [6, 6.07) is 8.01. The largest absolute Gasteiger partial charge is 0.370 e. The lowest BCUT2D eigenvalue weighted by Gasteiger charge is -2.11. The number of anilines is 1. The smallest absolute Gasteiger partial charge is 0.191 e. The van der Waals surface area contributed by atoms with Gasteiger partial charge in [-0.25, -0.2) is 4.98 Å². The molecule has 0 aliphatic carbocycles. The van der Waals surface area contributed by atoms with Crippen LogP contribution in [0.25, 0.3) is 0 Å². The highest BCUT2D eigenvalue weighted by molar-refractivity contribution is 5.79. The molecule has 0 spiro atoms. The van der Waals surface area contributed by atoms with E-state index >= 15 is 0 Å². The van der Waals surface area contributed by atoms with E-state index in [1.807, 2.05) is 25.1 Å². The predicted molar refractivity (Wildman–Crippen MR) is 112 cm³/mol. The molecule has 2 heterocycles. The Kier molecular flexibility index (Phi) is 9.17. The number of aromatic nitrogens is 3. The predicted octanol–water partition coefficient (Wildman–Crippen LogP) is 2.73. The number of guanidine groups is 1. The van der Waals surface area contributed by atoms with Gasteiger partial charge in [-0.3, -0.25) is 9.67 Å². The minimum absolute atomic E-state index is 0.787. The molecule has 0 saturated carbocycles. The van der Waals surface area contributed by atoms with Crippen LogP contribution in [0.5, 0.6) is 0 Å². The Morgan fingerprint density at radius 2 is 1.96 bits per heavy atom. The van der Waals surface area contributed by atoms with Gasteiger partial charge in [0.15, 0.2) is 5.96 Å². The highest BCUT2D eigenvalue weighted by atomic mass is 15.3. The van der Waals surface area contributed by atoms with Crippen LogP contribution in [0.4, 0.5) is 5.82 Å². The summed E-state index contributed by atoms with van der Waals surface area (Å²) in [6.45, 7) is 10.6. The van der Waals surface area contributed by atoms with E-state index in [9.17, 15) is 0 Å². The van der Waals surface area contributed by atoms with E-state index in [1.165, 1.54) is 5.69 Å². The second kappa shape index (κ2) is 11.9. The van der Waals surface area contributed by atoms with E-state index in [0.29, 0.717) is 0 Å². The van der Waals surface area contributed by atoms with Gasteiger partial charge in [-0.2, -0.15) is 5.10 Å². The summed E-state index contributed by atoms with van der Waals surface area (Å²) in [4.78, 5) is 8.92. The quantitative estimate of drug-likeness (QED) is 0.322. The number of hydrogen-bond acceptors (Lipinski definition) is 4. The number of pyridine rings is 1. The molecule has 7 heteroatoms. The fourth-order valence-electron chi connectivity index (χ4n) is 2.79. The molecule has 0 radical (unpaired) electrons. The molecule has 0 aliphatic heterocycles. The molecule has 0 aliphatic rings. The molecule has 0 bridgehead atoms. The molecule has 27 heavy (non-hydrogen) atoms. The molecule has 0 aromatic carbocycles. The average molecular weight is 372 g/mol. The number of aryl methyl sites for hydroxylation is 3. The van der Waals surface area contributed by atoms with Crippen molar-refractivity contribution in [3.8, 4) is 0 Å². The fourth-order valence-corrected chi connectivity index (χ4v) is 2.79. The molecule has 148 valence electrons. The monoisotopic (exact) mass is 371 g/mol. The number of nitrogens with one attached hydrogen (secondary N) is 3. The van der Waals surface area contributed by atoms with Gasteiger partial charge in [0.1, 0.15) is 5.82 Å². The zero-order valence-corrected chi connectivity index (χ0v) is 16.8. The highest BCUT2D eigenvalue weighted by Crippen LogP contribution is 2.03. The van der Waals surface area contributed by atoms with Crippen molar-refractivity contribution >= 4 is 11.8 Å². The lowest BCUT2D eigenvalue weighted by molar-refractivity contribution is 0.566. The van der Waals surface area contributed by atoms with E-state index in [0.717, 1.165) is 69.5 Å². The third-order valence-electron chi connectivity index (χ3n) is 4.11. The molecule has 0 fully saturated rings. The third kappa shape index (κ3) is 8.11. The van der Waals surface area contributed by atoms with Crippen molar-refractivity contribution in [3.05, 3.63) is 41.9 Å². The van der Waals surface area contributed by atoms with Crippen molar-refractivity contribution < 1.29 is 0 Å². The Morgan fingerprint density at radius 1 is 1.11 bits per heavy atom. The number of hydrogen-bond donors (Lipinski definition) is 3. The molecule has 0 saturated heterocycles. The van der Waals surface area contributed by atoms with Gasteiger partial charge in [0.05, 0.1) is 5.69 Å². The van der Waals surface area contributed by atoms with E-state index in [4.69, 9.17) is 0 Å². The molecule has 3 N–H and O–H groups in total. The molecule has 2 aromatic rings. The summed E-state index contributed by atoms with van der Waals surface area (Å²) < 4.78 is 2.06. The Hall–Kier alpha value is -2.57. The Bertz CT molecular complexity index is 679. The first-order chi connectivity index (χ1) is 13.2. The third-order valence-corrected chi connectivity index (χ3v) is 4.11. The van der Waals surface area contributed by atoms with Crippen LogP contribution in [-0.4, -0.2) is 46.9 Å². The lowest BCUT2D eigenvalue weighted by Crippen LogP contribution is -2.38. The van der Waals surface area contributed by atoms with Crippen LogP contribution < -0.4 is 16.0 Å². The van der Waals surface area contributed by atoms with Crippen molar-refractivity contribution in [1.29, 1.82) is 0 Å². The lowest BCUT2D eigenvalue weighted by atomic mass is 10.3. The fraction of sp³-hybridized carbons (Fsp3) is 0.550. The van der Waals surface area contributed by atoms with Crippen LogP contribution in [0.15, 0.2) is 35.5 Å². The summed E-state index contributed by atoms with van der Waals surface area (Å²) in [7, 11) is 0.